The quantitative estimate of drug-likeness (QED) is 0.717. The highest BCUT2D eigenvalue weighted by atomic mass is 35.5. The highest BCUT2D eigenvalue weighted by Gasteiger charge is 2.26. The van der Waals surface area contributed by atoms with E-state index < -0.39 is 0 Å². The van der Waals surface area contributed by atoms with Crippen molar-refractivity contribution in [3.8, 4) is 0 Å². The number of imidazole rings is 1. The summed E-state index contributed by atoms with van der Waals surface area (Å²) < 4.78 is 0. The van der Waals surface area contributed by atoms with Crippen molar-refractivity contribution < 1.29 is 4.79 Å². The van der Waals surface area contributed by atoms with Gasteiger partial charge in [0.05, 0.1) is 11.2 Å². The van der Waals surface area contributed by atoms with Crippen LogP contribution in [-0.2, 0) is 4.79 Å². The third-order valence-electron chi connectivity index (χ3n) is 4.80. The molecule has 1 aliphatic heterocycles. The molecular formula is C16H22ClN7OS. The molecule has 0 aromatic carbocycles. The summed E-state index contributed by atoms with van der Waals surface area (Å²) in [6.07, 6.45) is 8.26. The number of nitrogens with two attached hydrogens (primary N) is 1. The van der Waals surface area contributed by atoms with E-state index in [9.17, 15) is 4.79 Å². The highest BCUT2D eigenvalue weighted by molar-refractivity contribution is 8.04. The van der Waals surface area contributed by atoms with Crippen molar-refractivity contribution in [1.82, 2.24) is 25.3 Å². The second kappa shape index (κ2) is 8.24. The third kappa shape index (κ3) is 3.79. The number of carbonyl (C=O) groups excluding carboxylic acids is 1. The number of halogens is 1. The molecule has 4 rings (SSSR count). The van der Waals surface area contributed by atoms with Crippen LogP contribution >= 0.6 is 24.2 Å². The number of anilines is 1. The number of nitrogens with one attached hydrogen (secondary N) is 2. The van der Waals surface area contributed by atoms with Crippen molar-refractivity contribution in [2.45, 2.75) is 25.3 Å². The third-order valence-corrected chi connectivity index (χ3v) is 5.79. The molecule has 1 fully saturated rings. The maximum absolute atomic E-state index is 12.5. The number of hydrogen-bond donors (Lipinski definition) is 3. The van der Waals surface area contributed by atoms with Crippen molar-refractivity contribution in [1.29, 1.82) is 0 Å². The summed E-state index contributed by atoms with van der Waals surface area (Å²) in [4.78, 5) is 30.9. The SMILES string of the molecule is Cl.N[C@@H]1CCC[C@H]1CNC(=O)C1=CN(c2ncnc3nc[nH]c23)CCS1. The van der Waals surface area contributed by atoms with Gasteiger partial charge in [-0.1, -0.05) is 6.42 Å². The summed E-state index contributed by atoms with van der Waals surface area (Å²) in [6, 6.07) is 0.208. The summed E-state index contributed by atoms with van der Waals surface area (Å²) in [5, 5.41) is 3.04. The van der Waals surface area contributed by atoms with Gasteiger partial charge in [0.1, 0.15) is 11.8 Å². The molecule has 3 heterocycles. The van der Waals surface area contributed by atoms with E-state index in [0.29, 0.717) is 23.0 Å². The van der Waals surface area contributed by atoms with Gasteiger partial charge in [-0.25, -0.2) is 15.0 Å². The Balaban J connectivity index is 0.00000196. The molecule has 0 saturated heterocycles. The number of rotatable bonds is 4. The van der Waals surface area contributed by atoms with Crippen molar-refractivity contribution in [3.63, 3.8) is 0 Å². The fourth-order valence-electron chi connectivity index (χ4n) is 3.39. The molecule has 0 unspecified atom stereocenters. The van der Waals surface area contributed by atoms with Gasteiger partial charge in [-0.3, -0.25) is 4.79 Å². The smallest absolute Gasteiger partial charge is 0.259 e. The minimum atomic E-state index is -0.0382. The Labute approximate surface area is 161 Å². The second-order valence-electron chi connectivity index (χ2n) is 6.40. The maximum Gasteiger partial charge on any atom is 0.259 e. The monoisotopic (exact) mass is 395 g/mol. The van der Waals surface area contributed by atoms with E-state index in [4.69, 9.17) is 5.73 Å². The molecule has 0 bridgehead atoms. The van der Waals surface area contributed by atoms with Crippen LogP contribution in [0.3, 0.4) is 0 Å². The molecule has 1 aliphatic carbocycles. The van der Waals surface area contributed by atoms with E-state index >= 15 is 0 Å². The van der Waals surface area contributed by atoms with Crippen LogP contribution in [0.1, 0.15) is 19.3 Å². The zero-order valence-corrected chi connectivity index (χ0v) is 15.9. The molecule has 0 spiro atoms. The van der Waals surface area contributed by atoms with Crippen LogP contribution in [0.4, 0.5) is 5.82 Å². The molecule has 2 atom stereocenters. The average Bonchev–Trinajstić information content (AvgIpc) is 3.28. The molecule has 10 heteroatoms. The Kier molecular flexibility index (Phi) is 6.00. The number of hydrogen-bond acceptors (Lipinski definition) is 7. The van der Waals surface area contributed by atoms with Crippen molar-refractivity contribution in [3.05, 3.63) is 23.8 Å². The molecule has 2 aromatic heterocycles. The molecule has 0 radical (unpaired) electrons. The fraction of sp³-hybridized carbons (Fsp3) is 0.500. The topological polar surface area (TPSA) is 113 Å². The van der Waals surface area contributed by atoms with Gasteiger partial charge in [-0.2, -0.15) is 0 Å². The summed E-state index contributed by atoms with van der Waals surface area (Å²) in [6.45, 7) is 1.43. The van der Waals surface area contributed by atoms with E-state index in [-0.39, 0.29) is 24.4 Å². The van der Waals surface area contributed by atoms with E-state index in [0.717, 1.165) is 42.9 Å². The predicted molar refractivity (Wildman–Crippen MR) is 105 cm³/mol. The fourth-order valence-corrected chi connectivity index (χ4v) is 4.30. The van der Waals surface area contributed by atoms with E-state index in [1.54, 1.807) is 18.1 Å². The molecule has 26 heavy (non-hydrogen) atoms. The van der Waals surface area contributed by atoms with Crippen LogP contribution in [0.15, 0.2) is 23.8 Å². The lowest BCUT2D eigenvalue weighted by Gasteiger charge is -2.25. The van der Waals surface area contributed by atoms with E-state index in [2.05, 4.69) is 25.3 Å². The van der Waals surface area contributed by atoms with Crippen LogP contribution in [-0.4, -0.2) is 50.7 Å². The van der Waals surface area contributed by atoms with Gasteiger partial charge in [-0.05, 0) is 18.8 Å². The van der Waals surface area contributed by atoms with Crippen molar-refractivity contribution in [2.75, 3.05) is 23.7 Å². The predicted octanol–water partition coefficient (Wildman–Crippen LogP) is 1.41. The lowest BCUT2D eigenvalue weighted by atomic mass is 10.1. The van der Waals surface area contributed by atoms with Crippen molar-refractivity contribution >= 4 is 47.1 Å². The van der Waals surface area contributed by atoms with Crippen LogP contribution in [0.25, 0.3) is 11.2 Å². The largest absolute Gasteiger partial charge is 0.351 e. The Morgan fingerprint density at radius 3 is 3.08 bits per heavy atom. The van der Waals surface area contributed by atoms with Gasteiger partial charge in [0.25, 0.3) is 5.91 Å². The first-order valence-electron chi connectivity index (χ1n) is 8.51. The van der Waals surface area contributed by atoms with Gasteiger partial charge in [-0.15, -0.1) is 24.2 Å². The first kappa shape index (κ1) is 18.9. The highest BCUT2D eigenvalue weighted by Crippen LogP contribution is 2.28. The van der Waals surface area contributed by atoms with Gasteiger partial charge in [0, 0.05) is 31.1 Å². The zero-order chi connectivity index (χ0) is 17.2. The number of aromatic nitrogens is 4. The standard InChI is InChI=1S/C16H21N7OS.ClH/c17-11-3-1-2-10(11)6-18-16(24)12-7-23(4-5-25-12)15-13-14(20-8-19-13)21-9-22-15;/h7-11H,1-6,17H2,(H,18,24)(H,19,20,21,22);1H/t10-,11+;/m0./s1. The number of aromatic amines is 1. The summed E-state index contributed by atoms with van der Waals surface area (Å²) >= 11 is 1.57. The van der Waals surface area contributed by atoms with Gasteiger partial charge >= 0.3 is 0 Å². The van der Waals surface area contributed by atoms with Gasteiger partial charge in [0.15, 0.2) is 11.5 Å². The molecule has 2 aliphatic rings. The Hall–Kier alpha value is -1.84. The Morgan fingerprint density at radius 2 is 2.27 bits per heavy atom. The van der Waals surface area contributed by atoms with Gasteiger partial charge in [0.2, 0.25) is 0 Å². The molecule has 4 N–H and O–H groups in total. The normalized spacial score (nSPS) is 22.8. The summed E-state index contributed by atoms with van der Waals surface area (Å²) in [5.74, 6) is 1.91. The second-order valence-corrected chi connectivity index (χ2v) is 7.54. The number of carbonyl (C=O) groups is 1. The number of nitrogens with zero attached hydrogens (tertiary/aromatic N) is 4. The molecular weight excluding hydrogens is 374 g/mol. The van der Waals surface area contributed by atoms with E-state index in [1.807, 2.05) is 11.1 Å². The van der Waals surface area contributed by atoms with Gasteiger partial charge < -0.3 is 20.9 Å². The first-order valence-corrected chi connectivity index (χ1v) is 9.50. The summed E-state index contributed by atoms with van der Waals surface area (Å²) in [7, 11) is 0. The molecule has 1 saturated carbocycles. The van der Waals surface area contributed by atoms with Crippen LogP contribution in [0, 0.1) is 5.92 Å². The Bertz CT molecular complexity index is 811. The molecule has 1 amide bonds. The molecule has 140 valence electrons. The lowest BCUT2D eigenvalue weighted by Crippen LogP contribution is -2.37. The van der Waals surface area contributed by atoms with Crippen LogP contribution < -0.4 is 16.0 Å². The zero-order valence-electron chi connectivity index (χ0n) is 14.2. The van der Waals surface area contributed by atoms with E-state index in [1.165, 1.54) is 6.33 Å². The van der Waals surface area contributed by atoms with Crippen molar-refractivity contribution in [2.24, 2.45) is 11.7 Å². The summed E-state index contributed by atoms with van der Waals surface area (Å²) in [5.41, 5.74) is 7.48. The first-order chi connectivity index (χ1) is 12.2. The number of thioether (sulfide) groups is 1. The lowest BCUT2D eigenvalue weighted by molar-refractivity contribution is -0.117. The minimum Gasteiger partial charge on any atom is -0.351 e. The van der Waals surface area contributed by atoms with Crippen LogP contribution in [0.5, 0.6) is 0 Å². The van der Waals surface area contributed by atoms with Crippen LogP contribution in [0.2, 0.25) is 0 Å². The maximum atomic E-state index is 12.5. The number of fused-ring (bicyclic) bond motifs is 1. The Morgan fingerprint density at radius 1 is 1.38 bits per heavy atom. The number of amides is 1. The molecule has 2 aromatic rings. The molecule has 8 nitrogen and oxygen atoms in total. The minimum absolute atomic E-state index is 0. The average molecular weight is 396 g/mol. The number of H-pyrrole nitrogens is 1.